The van der Waals surface area contributed by atoms with Crippen LogP contribution in [0.4, 0.5) is 0 Å². The zero-order chi connectivity index (χ0) is 16.2. The summed E-state index contributed by atoms with van der Waals surface area (Å²) in [4.78, 5) is 12.6. The topological polar surface area (TPSA) is 26.3 Å². The number of carbonyl (C=O) groups is 1. The van der Waals surface area contributed by atoms with Crippen molar-refractivity contribution in [3.05, 3.63) is 29.3 Å². The van der Waals surface area contributed by atoms with Gasteiger partial charge in [-0.15, -0.1) is 0 Å². The minimum atomic E-state index is 0.0187. The fourth-order valence-electron chi connectivity index (χ4n) is 6.21. The third-order valence-electron chi connectivity index (χ3n) is 7.36. The van der Waals surface area contributed by atoms with Gasteiger partial charge < -0.3 is 4.74 Å². The third kappa shape index (κ3) is 2.03. The molecule has 3 aliphatic rings. The van der Waals surface area contributed by atoms with Gasteiger partial charge in [0.15, 0.2) is 0 Å². The van der Waals surface area contributed by atoms with Crippen molar-refractivity contribution in [2.24, 2.45) is 17.3 Å². The largest absolute Gasteiger partial charge is 0.497 e. The van der Waals surface area contributed by atoms with Crippen molar-refractivity contribution in [2.75, 3.05) is 7.11 Å². The highest BCUT2D eigenvalue weighted by Gasteiger charge is 2.56. The van der Waals surface area contributed by atoms with Crippen LogP contribution in [0, 0.1) is 17.3 Å². The molecule has 0 amide bonds. The number of ether oxygens (including phenoxy) is 1. The lowest BCUT2D eigenvalue weighted by atomic mass is 9.53. The van der Waals surface area contributed by atoms with Crippen LogP contribution in [-0.2, 0) is 4.79 Å². The molecule has 2 fully saturated rings. The van der Waals surface area contributed by atoms with Gasteiger partial charge in [-0.1, -0.05) is 19.9 Å². The summed E-state index contributed by atoms with van der Waals surface area (Å²) in [5.41, 5.74) is 3.04. The molecule has 1 aromatic carbocycles. The first-order chi connectivity index (χ1) is 11.1. The van der Waals surface area contributed by atoms with Crippen molar-refractivity contribution in [2.45, 2.75) is 64.2 Å². The molecule has 1 aromatic rings. The Kier molecular flexibility index (Phi) is 3.55. The van der Waals surface area contributed by atoms with E-state index in [2.05, 4.69) is 32.0 Å². The Morgan fingerprint density at radius 1 is 1.26 bits per heavy atom. The molecule has 0 bridgehead atoms. The van der Waals surface area contributed by atoms with E-state index in [0.29, 0.717) is 29.5 Å². The van der Waals surface area contributed by atoms with Gasteiger partial charge in [0.05, 0.1) is 7.11 Å². The molecule has 0 aliphatic heterocycles. The van der Waals surface area contributed by atoms with E-state index < -0.39 is 0 Å². The predicted molar refractivity (Wildman–Crippen MR) is 91.9 cm³/mol. The summed E-state index contributed by atoms with van der Waals surface area (Å²) < 4.78 is 5.44. The van der Waals surface area contributed by atoms with E-state index in [0.717, 1.165) is 31.4 Å². The first-order valence-corrected chi connectivity index (χ1v) is 9.32. The normalized spacial score (nSPS) is 38.7. The molecule has 0 radical (unpaired) electrons. The van der Waals surface area contributed by atoms with Crippen LogP contribution < -0.4 is 4.74 Å². The molecule has 124 valence electrons. The Morgan fingerprint density at radius 3 is 2.83 bits per heavy atom. The van der Waals surface area contributed by atoms with E-state index in [9.17, 15) is 4.79 Å². The molecule has 3 aliphatic carbocycles. The van der Waals surface area contributed by atoms with Gasteiger partial charge in [-0.2, -0.15) is 0 Å². The van der Waals surface area contributed by atoms with Gasteiger partial charge in [0, 0.05) is 11.8 Å². The van der Waals surface area contributed by atoms with Crippen molar-refractivity contribution in [3.8, 4) is 5.75 Å². The van der Waals surface area contributed by atoms with Gasteiger partial charge >= 0.3 is 0 Å². The third-order valence-corrected chi connectivity index (χ3v) is 7.36. The summed E-state index contributed by atoms with van der Waals surface area (Å²) in [6.45, 7) is 4.59. The molecule has 2 unspecified atom stereocenters. The average Bonchev–Trinajstić information content (AvgIpc) is 2.92. The zero-order valence-electron chi connectivity index (χ0n) is 14.6. The van der Waals surface area contributed by atoms with Gasteiger partial charge in [0.1, 0.15) is 11.5 Å². The Balaban J connectivity index is 1.74. The van der Waals surface area contributed by atoms with E-state index in [1.165, 1.54) is 18.4 Å². The Morgan fingerprint density at radius 2 is 2.09 bits per heavy atom. The summed E-state index contributed by atoms with van der Waals surface area (Å²) >= 11 is 0. The second-order valence-corrected chi connectivity index (χ2v) is 8.02. The summed E-state index contributed by atoms with van der Waals surface area (Å²) in [7, 11) is 1.75. The van der Waals surface area contributed by atoms with E-state index in [1.807, 2.05) is 0 Å². The average molecular weight is 312 g/mol. The SMILES string of the molecule is CCC12CC[C@@H]3c4ccc(OC)cc4C(C)C[C@H]3[C@@H]1CCC2=O. The number of hydrogen-bond donors (Lipinski definition) is 0. The molecule has 0 aromatic heterocycles. The van der Waals surface area contributed by atoms with Crippen LogP contribution in [0.1, 0.15) is 75.3 Å². The number of benzene rings is 1. The number of ketones is 1. The minimum absolute atomic E-state index is 0.0187. The minimum Gasteiger partial charge on any atom is -0.497 e. The van der Waals surface area contributed by atoms with Crippen LogP contribution >= 0.6 is 0 Å². The molecule has 0 spiro atoms. The highest BCUT2D eigenvalue weighted by atomic mass is 16.5. The number of rotatable bonds is 2. The monoisotopic (exact) mass is 312 g/mol. The molecular formula is C21H28O2. The molecule has 0 saturated heterocycles. The van der Waals surface area contributed by atoms with E-state index in [4.69, 9.17) is 4.74 Å². The smallest absolute Gasteiger partial charge is 0.139 e. The molecule has 2 heteroatoms. The van der Waals surface area contributed by atoms with Crippen LogP contribution in [-0.4, -0.2) is 12.9 Å². The number of hydrogen-bond acceptors (Lipinski definition) is 2. The number of Topliss-reactive ketones (excluding diaryl/α,β-unsaturated/α-hetero) is 1. The van der Waals surface area contributed by atoms with Crippen LogP contribution in [0.3, 0.4) is 0 Å². The second-order valence-electron chi connectivity index (χ2n) is 8.02. The van der Waals surface area contributed by atoms with Crippen molar-refractivity contribution in [3.63, 3.8) is 0 Å². The zero-order valence-corrected chi connectivity index (χ0v) is 14.6. The number of methoxy groups -OCH3 is 1. The first-order valence-electron chi connectivity index (χ1n) is 9.32. The maximum Gasteiger partial charge on any atom is 0.139 e. The summed E-state index contributed by atoms with van der Waals surface area (Å²) in [6.07, 6.45) is 6.53. The van der Waals surface area contributed by atoms with Crippen LogP contribution in [0.15, 0.2) is 18.2 Å². The van der Waals surface area contributed by atoms with E-state index in [1.54, 1.807) is 12.7 Å². The van der Waals surface area contributed by atoms with Crippen LogP contribution in [0.2, 0.25) is 0 Å². The number of fused-ring (bicyclic) bond motifs is 5. The molecule has 23 heavy (non-hydrogen) atoms. The molecule has 0 N–H and O–H groups in total. The lowest BCUT2D eigenvalue weighted by Crippen LogP contribution is -2.44. The maximum absolute atomic E-state index is 12.6. The molecule has 5 atom stereocenters. The van der Waals surface area contributed by atoms with Gasteiger partial charge in [-0.25, -0.2) is 0 Å². The highest BCUT2D eigenvalue weighted by Crippen LogP contribution is 2.62. The second kappa shape index (κ2) is 5.36. The molecular weight excluding hydrogens is 284 g/mol. The molecule has 2 nitrogen and oxygen atoms in total. The fraction of sp³-hybridized carbons (Fsp3) is 0.667. The Labute approximate surface area is 139 Å². The standard InChI is InChI=1S/C21H28O2/c1-4-21-10-9-16-15-6-5-14(23-3)12-17(15)13(2)11-18(16)19(21)7-8-20(21)22/h5-6,12-13,16,18-19H,4,7-11H2,1-3H3/t13?,16-,18-,19+,21?/m1/s1. The van der Waals surface area contributed by atoms with Crippen molar-refractivity contribution in [1.82, 2.24) is 0 Å². The predicted octanol–water partition coefficient (Wildman–Crippen LogP) is 5.07. The first kappa shape index (κ1) is 15.2. The lowest BCUT2D eigenvalue weighted by molar-refractivity contribution is -0.131. The quantitative estimate of drug-likeness (QED) is 0.762. The van der Waals surface area contributed by atoms with E-state index in [-0.39, 0.29) is 5.41 Å². The lowest BCUT2D eigenvalue weighted by Gasteiger charge is -2.50. The van der Waals surface area contributed by atoms with Crippen LogP contribution in [0.25, 0.3) is 0 Å². The summed E-state index contributed by atoms with van der Waals surface area (Å²) in [6, 6.07) is 6.67. The molecule has 0 heterocycles. The Hall–Kier alpha value is -1.31. The fourth-order valence-corrected chi connectivity index (χ4v) is 6.21. The van der Waals surface area contributed by atoms with E-state index >= 15 is 0 Å². The molecule has 4 rings (SSSR count). The van der Waals surface area contributed by atoms with Gasteiger partial charge in [0.2, 0.25) is 0 Å². The van der Waals surface area contributed by atoms with Crippen molar-refractivity contribution in [1.29, 1.82) is 0 Å². The summed E-state index contributed by atoms with van der Waals surface area (Å²) in [5.74, 6) is 4.09. The Bertz CT molecular complexity index is 635. The van der Waals surface area contributed by atoms with Gasteiger partial charge in [-0.3, -0.25) is 4.79 Å². The van der Waals surface area contributed by atoms with Gasteiger partial charge in [-0.05, 0) is 79.0 Å². The van der Waals surface area contributed by atoms with Crippen molar-refractivity contribution < 1.29 is 9.53 Å². The summed E-state index contributed by atoms with van der Waals surface area (Å²) in [5, 5.41) is 0. The van der Waals surface area contributed by atoms with Crippen molar-refractivity contribution >= 4 is 5.78 Å². The molecule has 2 saturated carbocycles. The van der Waals surface area contributed by atoms with Gasteiger partial charge in [0.25, 0.3) is 0 Å². The van der Waals surface area contributed by atoms with Crippen LogP contribution in [0.5, 0.6) is 5.75 Å². The number of carbonyl (C=O) groups excluding carboxylic acids is 1. The maximum atomic E-state index is 12.6. The highest BCUT2D eigenvalue weighted by molar-refractivity contribution is 5.87.